The number of nitrogen functional groups attached to an aromatic ring is 1. The molecule has 0 spiro atoms. The first kappa shape index (κ1) is 10.0. The van der Waals surface area contributed by atoms with E-state index in [1.165, 1.54) is 12.7 Å². The van der Waals surface area contributed by atoms with Crippen molar-refractivity contribution in [1.82, 2.24) is 19.5 Å². The number of nitrogens with zero attached hydrogens (tertiary/aromatic N) is 4. The molecule has 0 aliphatic carbocycles. The molecule has 0 unspecified atom stereocenters. The van der Waals surface area contributed by atoms with Gasteiger partial charge in [-0.05, 0) is 0 Å². The lowest BCUT2D eigenvalue weighted by atomic mass is 10.3. The molecule has 3 heterocycles. The smallest absolute Gasteiger partial charge is 0.181 e. The van der Waals surface area contributed by atoms with Crippen molar-refractivity contribution in [3.05, 3.63) is 25.0 Å². The van der Waals surface area contributed by atoms with E-state index in [0.29, 0.717) is 17.0 Å². The summed E-state index contributed by atoms with van der Waals surface area (Å²) in [5.74, 6) is 0.432. The Hall–Kier alpha value is -2.18. The molecule has 1 saturated heterocycles. The number of hydrogen-bond acceptors (Lipinski definition) is 5. The van der Waals surface area contributed by atoms with E-state index in [-0.39, 0.29) is 12.2 Å². The average molecular weight is 235 g/mol. The van der Waals surface area contributed by atoms with Gasteiger partial charge in [0, 0.05) is 6.42 Å². The minimum atomic E-state index is -1.16. The van der Waals surface area contributed by atoms with Gasteiger partial charge in [0.2, 0.25) is 0 Å². The lowest BCUT2D eigenvalue weighted by molar-refractivity contribution is 0.102. The standard InChI is InChI=1S/C10H10FN5O/c1-5-6(11)2-7(17-5)16-4-15-8-9(12)13-3-14-10(8)16/h3-4,6-7H,1-2H2,(H2,12,13,14)/t6-,7+/m0/s1. The van der Waals surface area contributed by atoms with Crippen LogP contribution in [0.2, 0.25) is 0 Å². The topological polar surface area (TPSA) is 78.9 Å². The van der Waals surface area contributed by atoms with Crippen LogP contribution in [-0.4, -0.2) is 25.7 Å². The number of nitrogens with two attached hydrogens (primary N) is 1. The number of hydrogen-bond donors (Lipinski definition) is 1. The molecule has 1 fully saturated rings. The van der Waals surface area contributed by atoms with Crippen LogP contribution in [0.25, 0.3) is 11.2 Å². The Bertz CT molecular complexity index is 595. The highest BCUT2D eigenvalue weighted by atomic mass is 19.1. The van der Waals surface area contributed by atoms with Gasteiger partial charge in [0.25, 0.3) is 0 Å². The maximum absolute atomic E-state index is 13.3. The van der Waals surface area contributed by atoms with E-state index in [2.05, 4.69) is 21.5 Å². The largest absolute Gasteiger partial charge is 0.472 e. The highest BCUT2D eigenvalue weighted by Crippen LogP contribution is 2.34. The fraction of sp³-hybridized carbons (Fsp3) is 0.300. The van der Waals surface area contributed by atoms with Gasteiger partial charge in [0.05, 0.1) is 0 Å². The minimum Gasteiger partial charge on any atom is -0.472 e. The second kappa shape index (κ2) is 3.41. The minimum absolute atomic E-state index is 0.138. The molecule has 7 heteroatoms. The van der Waals surface area contributed by atoms with Gasteiger partial charge in [0.15, 0.2) is 23.9 Å². The zero-order valence-corrected chi connectivity index (χ0v) is 8.88. The molecule has 2 atom stereocenters. The van der Waals surface area contributed by atoms with E-state index >= 15 is 0 Å². The third kappa shape index (κ3) is 1.42. The van der Waals surface area contributed by atoms with Crippen molar-refractivity contribution >= 4 is 17.0 Å². The van der Waals surface area contributed by atoms with E-state index < -0.39 is 12.4 Å². The van der Waals surface area contributed by atoms with Gasteiger partial charge in [-0.1, -0.05) is 6.58 Å². The van der Waals surface area contributed by atoms with Crippen LogP contribution in [0, 0.1) is 0 Å². The van der Waals surface area contributed by atoms with Crippen molar-refractivity contribution in [2.45, 2.75) is 18.8 Å². The summed E-state index contributed by atoms with van der Waals surface area (Å²) in [6.45, 7) is 3.50. The van der Waals surface area contributed by atoms with E-state index in [1.807, 2.05) is 0 Å². The summed E-state index contributed by atoms with van der Waals surface area (Å²) < 4.78 is 20.3. The first-order valence-corrected chi connectivity index (χ1v) is 5.09. The molecule has 2 aromatic rings. The zero-order valence-electron chi connectivity index (χ0n) is 8.88. The second-order valence-corrected chi connectivity index (χ2v) is 3.83. The Labute approximate surface area is 95.9 Å². The summed E-state index contributed by atoms with van der Waals surface area (Å²) in [5, 5.41) is 0. The molecule has 0 radical (unpaired) electrons. The maximum atomic E-state index is 13.3. The third-order valence-corrected chi connectivity index (χ3v) is 2.74. The fourth-order valence-corrected chi connectivity index (χ4v) is 1.86. The Morgan fingerprint density at radius 3 is 3.00 bits per heavy atom. The van der Waals surface area contributed by atoms with Gasteiger partial charge in [-0.2, -0.15) is 0 Å². The molecule has 0 aromatic carbocycles. The molecule has 2 aromatic heterocycles. The number of anilines is 1. The number of ether oxygens (including phenoxy) is 1. The predicted molar refractivity (Wildman–Crippen MR) is 58.5 cm³/mol. The Kier molecular flexibility index (Phi) is 2.01. The number of alkyl halides is 1. The summed E-state index contributed by atoms with van der Waals surface area (Å²) in [4.78, 5) is 12.0. The van der Waals surface area contributed by atoms with Crippen LogP contribution in [0.1, 0.15) is 12.6 Å². The van der Waals surface area contributed by atoms with Crippen molar-refractivity contribution in [1.29, 1.82) is 0 Å². The average Bonchev–Trinajstić information content (AvgIpc) is 2.85. The van der Waals surface area contributed by atoms with Crippen LogP contribution in [0.4, 0.5) is 10.2 Å². The monoisotopic (exact) mass is 235 g/mol. The molecule has 17 heavy (non-hydrogen) atoms. The highest BCUT2D eigenvalue weighted by molar-refractivity contribution is 5.81. The summed E-state index contributed by atoms with van der Waals surface area (Å²) in [5.41, 5.74) is 6.69. The lowest BCUT2D eigenvalue weighted by Gasteiger charge is -2.11. The molecule has 1 aliphatic heterocycles. The first-order chi connectivity index (χ1) is 8.16. The number of fused-ring (bicyclic) bond motifs is 1. The van der Waals surface area contributed by atoms with E-state index in [9.17, 15) is 4.39 Å². The van der Waals surface area contributed by atoms with Crippen LogP contribution >= 0.6 is 0 Å². The molecule has 2 N–H and O–H groups in total. The van der Waals surface area contributed by atoms with Gasteiger partial charge in [-0.25, -0.2) is 19.3 Å². The molecule has 1 aliphatic rings. The van der Waals surface area contributed by atoms with E-state index in [0.717, 1.165) is 0 Å². The number of imidazole rings is 1. The SMILES string of the molecule is C=C1O[C@@H](n2cnc3c(N)ncnc32)C[C@@H]1F. The van der Waals surface area contributed by atoms with Gasteiger partial charge in [0.1, 0.15) is 23.9 Å². The Balaban J connectivity index is 2.07. The Morgan fingerprint density at radius 1 is 1.47 bits per heavy atom. The van der Waals surface area contributed by atoms with Crippen LogP contribution in [0.3, 0.4) is 0 Å². The van der Waals surface area contributed by atoms with Crippen molar-refractivity contribution < 1.29 is 9.13 Å². The van der Waals surface area contributed by atoms with Crippen LogP contribution in [0.5, 0.6) is 0 Å². The van der Waals surface area contributed by atoms with Gasteiger partial charge in [-0.15, -0.1) is 0 Å². The normalized spacial score (nSPS) is 24.2. The molecule has 0 saturated carbocycles. The summed E-state index contributed by atoms with van der Waals surface area (Å²) in [7, 11) is 0. The number of rotatable bonds is 1. The van der Waals surface area contributed by atoms with E-state index in [1.54, 1.807) is 4.57 Å². The molecular weight excluding hydrogens is 225 g/mol. The molecule has 6 nitrogen and oxygen atoms in total. The molecule has 3 rings (SSSR count). The van der Waals surface area contributed by atoms with Crippen LogP contribution < -0.4 is 5.73 Å². The fourth-order valence-electron chi connectivity index (χ4n) is 1.86. The number of halogens is 1. The van der Waals surface area contributed by atoms with Gasteiger partial charge in [-0.3, -0.25) is 4.57 Å². The van der Waals surface area contributed by atoms with Crippen molar-refractivity contribution in [3.63, 3.8) is 0 Å². The zero-order chi connectivity index (χ0) is 12.0. The molecular formula is C10H10FN5O. The number of aromatic nitrogens is 4. The van der Waals surface area contributed by atoms with Gasteiger partial charge < -0.3 is 10.5 Å². The van der Waals surface area contributed by atoms with Gasteiger partial charge >= 0.3 is 0 Å². The maximum Gasteiger partial charge on any atom is 0.181 e. The van der Waals surface area contributed by atoms with Crippen molar-refractivity contribution in [2.24, 2.45) is 0 Å². The summed E-state index contributed by atoms with van der Waals surface area (Å²) >= 11 is 0. The summed E-state index contributed by atoms with van der Waals surface area (Å²) in [6, 6.07) is 0. The summed E-state index contributed by atoms with van der Waals surface area (Å²) in [6.07, 6.45) is 1.43. The molecule has 0 amide bonds. The first-order valence-electron chi connectivity index (χ1n) is 5.09. The highest BCUT2D eigenvalue weighted by Gasteiger charge is 2.32. The molecule has 0 bridgehead atoms. The van der Waals surface area contributed by atoms with Crippen molar-refractivity contribution in [2.75, 3.05) is 5.73 Å². The van der Waals surface area contributed by atoms with Crippen LogP contribution in [0.15, 0.2) is 25.0 Å². The second-order valence-electron chi connectivity index (χ2n) is 3.83. The predicted octanol–water partition coefficient (Wildman–Crippen LogP) is 1.18. The van der Waals surface area contributed by atoms with E-state index in [4.69, 9.17) is 10.5 Å². The Morgan fingerprint density at radius 2 is 2.29 bits per heavy atom. The molecule has 88 valence electrons. The van der Waals surface area contributed by atoms with Crippen molar-refractivity contribution in [3.8, 4) is 0 Å². The third-order valence-electron chi connectivity index (χ3n) is 2.74. The quantitative estimate of drug-likeness (QED) is 0.802. The number of allylic oxidation sites excluding steroid dienone is 1. The van der Waals surface area contributed by atoms with Crippen LogP contribution in [-0.2, 0) is 4.74 Å². The lowest BCUT2D eigenvalue weighted by Crippen LogP contribution is -2.07.